The minimum Gasteiger partial charge on any atom is -0.497 e. The quantitative estimate of drug-likeness (QED) is 0.628. The molecule has 1 atom stereocenters. The summed E-state index contributed by atoms with van der Waals surface area (Å²) in [5, 5.41) is 2.20. The topological polar surface area (TPSA) is 35.8 Å². The predicted octanol–water partition coefficient (Wildman–Crippen LogP) is 4.95. The molecular formula is C22H24N2O2S. The Hall–Kier alpha value is -2.37. The van der Waals surface area contributed by atoms with Crippen LogP contribution in [-0.4, -0.2) is 24.4 Å². The van der Waals surface area contributed by atoms with Crippen molar-refractivity contribution in [1.29, 1.82) is 0 Å². The second-order valence-electron chi connectivity index (χ2n) is 6.83. The normalized spacial score (nSPS) is 17.4. The van der Waals surface area contributed by atoms with Crippen molar-refractivity contribution in [3.8, 4) is 17.0 Å². The zero-order valence-corrected chi connectivity index (χ0v) is 16.5. The number of benzene rings is 2. The maximum absolute atomic E-state index is 5.90. The fourth-order valence-electron chi connectivity index (χ4n) is 3.31. The summed E-state index contributed by atoms with van der Waals surface area (Å²) in [4.78, 5) is 5.88. The van der Waals surface area contributed by atoms with Crippen LogP contribution >= 0.6 is 11.3 Å². The van der Waals surface area contributed by atoms with Gasteiger partial charge in [0, 0.05) is 12.0 Å². The van der Waals surface area contributed by atoms with Crippen LogP contribution in [0.25, 0.3) is 11.3 Å². The van der Waals surface area contributed by atoms with Crippen molar-refractivity contribution in [2.45, 2.75) is 32.4 Å². The zero-order valence-electron chi connectivity index (χ0n) is 15.7. The van der Waals surface area contributed by atoms with Gasteiger partial charge < -0.3 is 14.0 Å². The van der Waals surface area contributed by atoms with Gasteiger partial charge in [-0.15, -0.1) is 11.3 Å². The lowest BCUT2D eigenvalue weighted by molar-refractivity contribution is 0.0968. The molecule has 2 aromatic carbocycles. The van der Waals surface area contributed by atoms with Crippen LogP contribution in [0.3, 0.4) is 0 Å². The molecule has 1 aliphatic rings. The Morgan fingerprint density at radius 3 is 2.59 bits per heavy atom. The van der Waals surface area contributed by atoms with E-state index in [0.29, 0.717) is 0 Å². The Morgan fingerprint density at radius 2 is 1.93 bits per heavy atom. The summed E-state index contributed by atoms with van der Waals surface area (Å²) in [5.74, 6) is 0.840. The number of nitrogens with zero attached hydrogens (tertiary/aromatic N) is 2. The summed E-state index contributed by atoms with van der Waals surface area (Å²) in [7, 11) is 1.68. The molecule has 0 radical (unpaired) electrons. The van der Waals surface area contributed by atoms with Crippen LogP contribution in [0.5, 0.6) is 5.75 Å². The second-order valence-corrected chi connectivity index (χ2v) is 7.66. The third-order valence-electron chi connectivity index (χ3n) is 4.85. The molecule has 4 rings (SSSR count). The minimum atomic E-state index is 0.263. The molecule has 1 unspecified atom stereocenters. The van der Waals surface area contributed by atoms with Crippen LogP contribution in [0, 0.1) is 6.92 Å². The third kappa shape index (κ3) is 4.15. The molecule has 2 heterocycles. The maximum Gasteiger partial charge on any atom is 0.190 e. The van der Waals surface area contributed by atoms with Gasteiger partial charge in [-0.25, -0.2) is 4.99 Å². The monoisotopic (exact) mass is 380 g/mol. The van der Waals surface area contributed by atoms with Crippen molar-refractivity contribution < 1.29 is 9.47 Å². The molecular weight excluding hydrogens is 356 g/mol. The lowest BCUT2D eigenvalue weighted by atomic mass is 10.1. The van der Waals surface area contributed by atoms with E-state index in [9.17, 15) is 0 Å². The van der Waals surface area contributed by atoms with E-state index in [-0.39, 0.29) is 6.10 Å². The first-order valence-corrected chi connectivity index (χ1v) is 10.2. The number of aryl methyl sites for hydroxylation is 1. The van der Waals surface area contributed by atoms with Gasteiger partial charge in [0.2, 0.25) is 0 Å². The van der Waals surface area contributed by atoms with Crippen LogP contribution in [0.4, 0.5) is 5.69 Å². The highest BCUT2D eigenvalue weighted by molar-refractivity contribution is 7.07. The number of ether oxygens (including phenoxy) is 2. The van der Waals surface area contributed by atoms with Gasteiger partial charge >= 0.3 is 0 Å². The Kier molecular flexibility index (Phi) is 5.41. The van der Waals surface area contributed by atoms with E-state index in [4.69, 9.17) is 14.5 Å². The first-order chi connectivity index (χ1) is 13.2. The van der Waals surface area contributed by atoms with Crippen LogP contribution < -0.4 is 9.54 Å². The Labute approximate surface area is 163 Å². The van der Waals surface area contributed by atoms with Crippen LogP contribution in [0.1, 0.15) is 18.4 Å². The highest BCUT2D eigenvalue weighted by Gasteiger charge is 2.19. The van der Waals surface area contributed by atoms with Gasteiger partial charge in [0.15, 0.2) is 4.80 Å². The summed E-state index contributed by atoms with van der Waals surface area (Å²) in [5.41, 5.74) is 4.60. The van der Waals surface area contributed by atoms with Gasteiger partial charge in [-0.05, 0) is 49.6 Å². The summed E-state index contributed by atoms with van der Waals surface area (Å²) in [6.45, 7) is 3.81. The van der Waals surface area contributed by atoms with E-state index >= 15 is 0 Å². The number of hydrogen-bond donors (Lipinski definition) is 0. The van der Waals surface area contributed by atoms with E-state index in [0.717, 1.165) is 42.2 Å². The fraction of sp³-hybridized carbons (Fsp3) is 0.318. The molecule has 0 spiro atoms. The van der Waals surface area contributed by atoms with E-state index in [1.165, 1.54) is 16.8 Å². The van der Waals surface area contributed by atoms with Gasteiger partial charge in [-0.1, -0.05) is 29.8 Å². The molecule has 4 nitrogen and oxygen atoms in total. The van der Waals surface area contributed by atoms with Gasteiger partial charge in [-0.2, -0.15) is 0 Å². The molecule has 27 heavy (non-hydrogen) atoms. The molecule has 3 aromatic rings. The maximum atomic E-state index is 5.90. The van der Waals surface area contributed by atoms with Crippen molar-refractivity contribution in [2.75, 3.05) is 13.7 Å². The SMILES string of the molecule is COc1ccc(N=c2scc(-c3ccc(C)cc3)n2CC2CCCO2)cc1. The number of aromatic nitrogens is 1. The van der Waals surface area contributed by atoms with E-state index in [1.54, 1.807) is 18.4 Å². The molecule has 1 aromatic heterocycles. The lowest BCUT2D eigenvalue weighted by Crippen LogP contribution is -2.24. The van der Waals surface area contributed by atoms with E-state index < -0.39 is 0 Å². The number of hydrogen-bond acceptors (Lipinski definition) is 4. The Bertz CT molecular complexity index is 949. The highest BCUT2D eigenvalue weighted by atomic mass is 32.1. The van der Waals surface area contributed by atoms with Crippen molar-refractivity contribution in [2.24, 2.45) is 4.99 Å². The number of methoxy groups -OCH3 is 1. The third-order valence-corrected chi connectivity index (χ3v) is 5.72. The van der Waals surface area contributed by atoms with E-state index in [1.807, 2.05) is 24.3 Å². The van der Waals surface area contributed by atoms with Crippen molar-refractivity contribution in [3.05, 3.63) is 64.3 Å². The number of thiazole rings is 1. The second kappa shape index (κ2) is 8.11. The zero-order chi connectivity index (χ0) is 18.6. The first kappa shape index (κ1) is 18.0. The van der Waals surface area contributed by atoms with Crippen molar-refractivity contribution >= 4 is 17.0 Å². The molecule has 0 aliphatic carbocycles. The molecule has 1 fully saturated rings. The predicted molar refractivity (Wildman–Crippen MR) is 110 cm³/mol. The fourth-order valence-corrected chi connectivity index (χ4v) is 4.25. The first-order valence-electron chi connectivity index (χ1n) is 9.29. The van der Waals surface area contributed by atoms with Crippen molar-refractivity contribution in [1.82, 2.24) is 4.57 Å². The van der Waals surface area contributed by atoms with E-state index in [2.05, 4.69) is 41.1 Å². The Morgan fingerprint density at radius 1 is 1.15 bits per heavy atom. The summed E-state index contributed by atoms with van der Waals surface area (Å²) < 4.78 is 13.4. The van der Waals surface area contributed by atoms with Gasteiger partial charge in [0.25, 0.3) is 0 Å². The van der Waals surface area contributed by atoms with Crippen LogP contribution in [0.15, 0.2) is 58.9 Å². The summed E-state index contributed by atoms with van der Waals surface area (Å²) in [6, 6.07) is 16.5. The van der Waals surface area contributed by atoms with Gasteiger partial charge in [0.1, 0.15) is 5.75 Å². The number of rotatable bonds is 5. The van der Waals surface area contributed by atoms with Crippen LogP contribution in [-0.2, 0) is 11.3 Å². The molecule has 1 aliphatic heterocycles. The summed E-state index contributed by atoms with van der Waals surface area (Å²) >= 11 is 1.67. The van der Waals surface area contributed by atoms with Crippen molar-refractivity contribution in [3.63, 3.8) is 0 Å². The smallest absolute Gasteiger partial charge is 0.190 e. The molecule has 5 heteroatoms. The summed E-state index contributed by atoms with van der Waals surface area (Å²) in [6.07, 6.45) is 2.51. The lowest BCUT2D eigenvalue weighted by Gasteiger charge is -2.14. The molecule has 1 saturated heterocycles. The molecule has 0 amide bonds. The average molecular weight is 381 g/mol. The molecule has 140 valence electrons. The minimum absolute atomic E-state index is 0.263. The van der Waals surface area contributed by atoms with Gasteiger partial charge in [-0.3, -0.25) is 0 Å². The van der Waals surface area contributed by atoms with Gasteiger partial charge in [0.05, 0.1) is 31.1 Å². The Balaban J connectivity index is 1.75. The largest absolute Gasteiger partial charge is 0.497 e. The average Bonchev–Trinajstić information content (AvgIpc) is 3.34. The molecule has 0 N–H and O–H groups in total. The molecule has 0 saturated carbocycles. The van der Waals surface area contributed by atoms with Crippen LogP contribution in [0.2, 0.25) is 0 Å². The highest BCUT2D eigenvalue weighted by Crippen LogP contribution is 2.24. The standard InChI is InChI=1S/C22H24N2O2S/c1-16-5-7-17(8-6-16)21-15-27-22(24(21)14-20-4-3-13-26-20)23-18-9-11-19(25-2)12-10-18/h5-12,15,20H,3-4,13-14H2,1-2H3. The molecule has 0 bridgehead atoms.